The normalized spacial score (nSPS) is 19.3. The van der Waals surface area contributed by atoms with Crippen LogP contribution in [-0.2, 0) is 14.8 Å². The first-order valence-corrected chi connectivity index (χ1v) is 10.6. The average Bonchev–Trinajstić information content (AvgIpc) is 3.18. The summed E-state index contributed by atoms with van der Waals surface area (Å²) in [6, 6.07) is 3.70. The zero-order valence-electron chi connectivity index (χ0n) is 15.5. The summed E-state index contributed by atoms with van der Waals surface area (Å²) in [5, 5.41) is 2.96. The summed E-state index contributed by atoms with van der Waals surface area (Å²) in [6.45, 7) is 6.51. The number of hydrogen-bond acceptors (Lipinski definition) is 6. The van der Waals surface area contributed by atoms with Gasteiger partial charge in [-0.25, -0.2) is 8.42 Å². The molecule has 3 heterocycles. The Labute approximate surface area is 159 Å². The predicted octanol–water partition coefficient (Wildman–Crippen LogP) is 1.28. The third-order valence-corrected chi connectivity index (χ3v) is 5.83. The highest BCUT2D eigenvalue weighted by Gasteiger charge is 2.26. The van der Waals surface area contributed by atoms with Crippen molar-refractivity contribution in [3.05, 3.63) is 48.1 Å². The molecule has 0 aliphatic carbocycles. The van der Waals surface area contributed by atoms with Gasteiger partial charge in [0.25, 0.3) is 15.9 Å². The smallest absolute Gasteiger partial charge is 0.256 e. The fourth-order valence-corrected chi connectivity index (χ4v) is 4.15. The maximum absolute atomic E-state index is 12.6. The Hall–Kier alpha value is -2.39. The number of sulfonamides is 1. The van der Waals surface area contributed by atoms with E-state index >= 15 is 0 Å². The molecule has 0 aromatic carbocycles. The fourth-order valence-electron chi connectivity index (χ4n) is 3.18. The first kappa shape index (κ1) is 19.4. The van der Waals surface area contributed by atoms with E-state index in [0.717, 1.165) is 18.8 Å². The van der Waals surface area contributed by atoms with E-state index in [1.54, 1.807) is 29.5 Å². The lowest BCUT2D eigenvalue weighted by Gasteiger charge is -2.29. The lowest BCUT2D eigenvalue weighted by Crippen LogP contribution is -2.40. The molecular weight excluding hydrogens is 368 g/mol. The molecule has 1 aromatic rings. The zero-order valence-corrected chi connectivity index (χ0v) is 16.3. The van der Waals surface area contributed by atoms with Gasteiger partial charge in [-0.15, -0.1) is 4.40 Å². The molecule has 0 fully saturated rings. The molecule has 8 nitrogen and oxygen atoms in total. The molecule has 0 bridgehead atoms. The van der Waals surface area contributed by atoms with E-state index in [1.165, 1.54) is 0 Å². The van der Waals surface area contributed by atoms with Crippen LogP contribution >= 0.6 is 0 Å². The third kappa shape index (κ3) is 4.48. The van der Waals surface area contributed by atoms with Gasteiger partial charge in [0.1, 0.15) is 11.6 Å². The summed E-state index contributed by atoms with van der Waals surface area (Å²) in [4.78, 5) is 16.5. The lowest BCUT2D eigenvalue weighted by atomic mass is 10.1. The van der Waals surface area contributed by atoms with E-state index in [4.69, 9.17) is 4.42 Å². The SMILES string of the molecule is CCN(CC)C(CNC(=O)C1=CN2CCS(=O)(=O)N=C2C=C1)c1ccco1. The Bertz CT molecular complexity index is 867. The fraction of sp³-hybridized carbons (Fsp3) is 0.444. The minimum absolute atomic E-state index is 0.0515. The lowest BCUT2D eigenvalue weighted by molar-refractivity contribution is -0.117. The van der Waals surface area contributed by atoms with Gasteiger partial charge in [-0.05, 0) is 37.4 Å². The van der Waals surface area contributed by atoms with Crippen LogP contribution in [0.3, 0.4) is 0 Å². The molecule has 1 N–H and O–H groups in total. The predicted molar refractivity (Wildman–Crippen MR) is 103 cm³/mol. The first-order valence-electron chi connectivity index (χ1n) is 8.98. The number of nitrogens with zero attached hydrogens (tertiary/aromatic N) is 3. The summed E-state index contributed by atoms with van der Waals surface area (Å²) >= 11 is 0. The largest absolute Gasteiger partial charge is 0.468 e. The van der Waals surface area contributed by atoms with Crippen molar-refractivity contribution in [1.29, 1.82) is 0 Å². The van der Waals surface area contributed by atoms with E-state index in [-0.39, 0.29) is 24.2 Å². The van der Waals surface area contributed by atoms with Gasteiger partial charge in [-0.1, -0.05) is 13.8 Å². The van der Waals surface area contributed by atoms with E-state index < -0.39 is 10.0 Å². The molecule has 1 amide bonds. The van der Waals surface area contributed by atoms with E-state index in [1.807, 2.05) is 12.1 Å². The monoisotopic (exact) mass is 392 g/mol. The maximum Gasteiger partial charge on any atom is 0.256 e. The number of likely N-dealkylation sites (N-methyl/N-ethyl adjacent to an activating group) is 1. The van der Waals surface area contributed by atoms with Crippen LogP contribution in [0.2, 0.25) is 0 Å². The van der Waals surface area contributed by atoms with Crippen molar-refractivity contribution in [2.45, 2.75) is 19.9 Å². The van der Waals surface area contributed by atoms with Crippen LogP contribution in [0.4, 0.5) is 0 Å². The van der Waals surface area contributed by atoms with Gasteiger partial charge in [0.15, 0.2) is 0 Å². The molecule has 9 heteroatoms. The number of amides is 1. The molecule has 0 radical (unpaired) electrons. The number of nitrogens with one attached hydrogen (secondary N) is 1. The van der Waals surface area contributed by atoms with E-state index in [2.05, 4.69) is 28.5 Å². The molecule has 27 heavy (non-hydrogen) atoms. The molecule has 3 rings (SSSR count). The van der Waals surface area contributed by atoms with Gasteiger partial charge >= 0.3 is 0 Å². The van der Waals surface area contributed by atoms with Gasteiger partial charge < -0.3 is 14.6 Å². The van der Waals surface area contributed by atoms with Gasteiger partial charge in [0.2, 0.25) is 0 Å². The molecule has 146 valence electrons. The number of hydrogen-bond donors (Lipinski definition) is 1. The van der Waals surface area contributed by atoms with Crippen molar-refractivity contribution in [3.63, 3.8) is 0 Å². The van der Waals surface area contributed by atoms with E-state index in [0.29, 0.717) is 18.0 Å². The number of furan rings is 1. The van der Waals surface area contributed by atoms with Gasteiger partial charge in [-0.3, -0.25) is 9.69 Å². The summed E-state index contributed by atoms with van der Waals surface area (Å²) in [5.74, 6) is 0.873. The second kappa shape index (κ2) is 8.10. The summed E-state index contributed by atoms with van der Waals surface area (Å²) in [7, 11) is -3.40. The number of fused-ring (bicyclic) bond motifs is 1. The van der Waals surface area contributed by atoms with Crippen molar-refractivity contribution in [2.24, 2.45) is 4.40 Å². The van der Waals surface area contributed by atoms with Crippen LogP contribution in [0.15, 0.2) is 51.1 Å². The second-order valence-electron chi connectivity index (χ2n) is 6.31. The standard InChI is InChI=1S/C18H24N4O4S/c1-3-21(4-2)15(16-6-5-10-26-16)12-19-18(23)14-7-8-17-20-27(24,25)11-9-22(17)13-14/h5-8,10,13,15H,3-4,9,11-12H2,1-2H3,(H,19,23). The molecule has 2 aliphatic heterocycles. The Morgan fingerprint density at radius 1 is 1.37 bits per heavy atom. The van der Waals surface area contributed by atoms with Crippen molar-refractivity contribution in [1.82, 2.24) is 15.1 Å². The average molecular weight is 392 g/mol. The number of carbonyl (C=O) groups excluding carboxylic acids is 1. The molecule has 1 unspecified atom stereocenters. The molecule has 0 saturated heterocycles. The van der Waals surface area contributed by atoms with E-state index in [9.17, 15) is 13.2 Å². The van der Waals surface area contributed by atoms with Gasteiger partial charge in [0, 0.05) is 19.3 Å². The number of rotatable bonds is 7. The Kier molecular flexibility index (Phi) is 5.81. The van der Waals surface area contributed by atoms with Crippen LogP contribution in [0.25, 0.3) is 0 Å². The topological polar surface area (TPSA) is 95.2 Å². The Morgan fingerprint density at radius 2 is 2.15 bits per heavy atom. The first-order chi connectivity index (χ1) is 12.9. The highest BCUT2D eigenvalue weighted by Crippen LogP contribution is 2.21. The van der Waals surface area contributed by atoms with Crippen LogP contribution in [0.5, 0.6) is 0 Å². The molecule has 2 aliphatic rings. The van der Waals surface area contributed by atoms with Crippen LogP contribution in [0, 0.1) is 0 Å². The summed E-state index contributed by atoms with van der Waals surface area (Å²) in [6.07, 6.45) is 6.42. The minimum atomic E-state index is -3.40. The van der Waals surface area contributed by atoms with Gasteiger partial charge in [-0.2, -0.15) is 0 Å². The number of carbonyl (C=O) groups is 1. The molecule has 1 atom stereocenters. The zero-order chi connectivity index (χ0) is 19.4. The summed E-state index contributed by atoms with van der Waals surface area (Å²) < 4.78 is 32.4. The molecule has 0 spiro atoms. The van der Waals surface area contributed by atoms with Crippen molar-refractivity contribution in [2.75, 3.05) is 31.9 Å². The van der Waals surface area contributed by atoms with Crippen LogP contribution < -0.4 is 5.32 Å². The number of amidine groups is 1. The van der Waals surface area contributed by atoms with Crippen LogP contribution in [0.1, 0.15) is 25.6 Å². The third-order valence-electron chi connectivity index (χ3n) is 4.67. The maximum atomic E-state index is 12.6. The highest BCUT2D eigenvalue weighted by atomic mass is 32.2. The molecular formula is C18H24N4O4S. The van der Waals surface area contributed by atoms with Crippen molar-refractivity contribution >= 4 is 21.8 Å². The summed E-state index contributed by atoms with van der Waals surface area (Å²) in [5.41, 5.74) is 0.464. The molecule has 0 saturated carbocycles. The van der Waals surface area contributed by atoms with Gasteiger partial charge in [0.05, 0.1) is 23.6 Å². The van der Waals surface area contributed by atoms with Crippen LogP contribution in [-0.4, -0.2) is 61.9 Å². The van der Waals surface area contributed by atoms with Crippen molar-refractivity contribution in [3.8, 4) is 0 Å². The minimum Gasteiger partial charge on any atom is -0.468 e. The second-order valence-corrected chi connectivity index (χ2v) is 8.06. The Morgan fingerprint density at radius 3 is 2.81 bits per heavy atom. The Balaban J connectivity index is 1.68. The van der Waals surface area contributed by atoms with Crippen molar-refractivity contribution < 1.29 is 17.6 Å². The quantitative estimate of drug-likeness (QED) is 0.751. The molecule has 1 aromatic heterocycles. The highest BCUT2D eigenvalue weighted by molar-refractivity contribution is 7.90.